The van der Waals surface area contributed by atoms with Crippen LogP contribution in [0.25, 0.3) is 5.76 Å². The van der Waals surface area contributed by atoms with Gasteiger partial charge in [-0.3, -0.25) is 14.5 Å². The van der Waals surface area contributed by atoms with Crippen LogP contribution in [-0.2, 0) is 14.3 Å². The summed E-state index contributed by atoms with van der Waals surface area (Å²) in [6.45, 7) is 7.54. The third-order valence-electron chi connectivity index (χ3n) is 6.57. The fourth-order valence-electron chi connectivity index (χ4n) is 4.68. The van der Waals surface area contributed by atoms with Gasteiger partial charge in [0.1, 0.15) is 11.5 Å². The van der Waals surface area contributed by atoms with E-state index >= 15 is 0 Å². The van der Waals surface area contributed by atoms with Crippen molar-refractivity contribution < 1.29 is 34.0 Å². The van der Waals surface area contributed by atoms with Gasteiger partial charge in [0.25, 0.3) is 11.7 Å². The van der Waals surface area contributed by atoms with Crippen LogP contribution in [0.3, 0.4) is 0 Å². The van der Waals surface area contributed by atoms with Crippen molar-refractivity contribution in [1.29, 1.82) is 0 Å². The highest BCUT2D eigenvalue weighted by atomic mass is 16.5. The number of phenols is 1. The van der Waals surface area contributed by atoms with Gasteiger partial charge in [-0.05, 0) is 55.3 Å². The van der Waals surface area contributed by atoms with Crippen molar-refractivity contribution in [2.75, 3.05) is 53.1 Å². The Morgan fingerprint density at radius 2 is 1.83 bits per heavy atom. The monoisotopic (exact) mass is 496 g/mol. The summed E-state index contributed by atoms with van der Waals surface area (Å²) >= 11 is 0. The van der Waals surface area contributed by atoms with Crippen molar-refractivity contribution in [3.8, 4) is 17.2 Å². The molecule has 2 aromatic rings. The quantitative estimate of drug-likeness (QED) is 0.326. The molecule has 9 heteroatoms. The van der Waals surface area contributed by atoms with E-state index in [2.05, 4.69) is 4.90 Å². The number of rotatable bonds is 8. The Kier molecular flexibility index (Phi) is 7.81. The maximum absolute atomic E-state index is 13.3. The number of ketones is 1. The van der Waals surface area contributed by atoms with Crippen LogP contribution in [0.2, 0.25) is 0 Å². The first kappa shape index (κ1) is 25.5. The Hall–Kier alpha value is -3.56. The van der Waals surface area contributed by atoms with Crippen LogP contribution in [-0.4, -0.2) is 84.8 Å². The number of aromatic hydroxyl groups is 1. The number of phenolic OH excluding ortho intramolecular Hbond substituents is 1. The molecule has 192 valence electrons. The van der Waals surface area contributed by atoms with Crippen molar-refractivity contribution in [3.05, 3.63) is 58.7 Å². The Morgan fingerprint density at radius 3 is 2.50 bits per heavy atom. The highest BCUT2D eigenvalue weighted by Crippen LogP contribution is 2.42. The van der Waals surface area contributed by atoms with E-state index in [9.17, 15) is 19.8 Å². The van der Waals surface area contributed by atoms with E-state index in [1.165, 1.54) is 11.0 Å². The fraction of sp³-hybridized carbons (Fsp3) is 0.407. The van der Waals surface area contributed by atoms with Gasteiger partial charge >= 0.3 is 0 Å². The first-order valence-corrected chi connectivity index (χ1v) is 12.0. The zero-order valence-corrected chi connectivity index (χ0v) is 20.8. The van der Waals surface area contributed by atoms with E-state index in [-0.39, 0.29) is 22.8 Å². The summed E-state index contributed by atoms with van der Waals surface area (Å²) in [7, 11) is 1.56. The van der Waals surface area contributed by atoms with Crippen LogP contribution in [0, 0.1) is 6.92 Å². The van der Waals surface area contributed by atoms with Crippen LogP contribution in [0.5, 0.6) is 17.2 Å². The minimum absolute atomic E-state index is 0.000294. The van der Waals surface area contributed by atoms with Gasteiger partial charge < -0.3 is 29.3 Å². The number of morpholine rings is 1. The Labute approximate surface area is 210 Å². The van der Waals surface area contributed by atoms with Gasteiger partial charge in [-0.25, -0.2) is 0 Å². The summed E-state index contributed by atoms with van der Waals surface area (Å²) in [5.74, 6) is -0.839. The Bertz CT molecular complexity index is 1170. The van der Waals surface area contributed by atoms with Crippen molar-refractivity contribution in [2.45, 2.75) is 19.9 Å². The van der Waals surface area contributed by atoms with E-state index < -0.39 is 17.7 Å². The zero-order chi connectivity index (χ0) is 25.8. The summed E-state index contributed by atoms with van der Waals surface area (Å²) in [6.07, 6.45) is 0. The second-order valence-electron chi connectivity index (χ2n) is 8.79. The minimum atomic E-state index is -0.840. The number of nitrogens with zero attached hydrogens (tertiary/aromatic N) is 2. The average molecular weight is 497 g/mol. The molecule has 2 aromatic carbocycles. The van der Waals surface area contributed by atoms with E-state index in [0.29, 0.717) is 49.8 Å². The summed E-state index contributed by atoms with van der Waals surface area (Å²) in [4.78, 5) is 30.2. The van der Waals surface area contributed by atoms with Crippen LogP contribution < -0.4 is 9.47 Å². The molecule has 9 nitrogen and oxygen atoms in total. The normalized spacial score (nSPS) is 20.1. The van der Waals surface area contributed by atoms with Crippen LogP contribution >= 0.6 is 0 Å². The molecule has 1 atom stereocenters. The number of amides is 1. The van der Waals surface area contributed by atoms with Crippen LogP contribution in [0.1, 0.15) is 29.7 Å². The fourth-order valence-corrected chi connectivity index (χ4v) is 4.68. The van der Waals surface area contributed by atoms with Gasteiger partial charge in [-0.2, -0.15) is 0 Å². The Balaban J connectivity index is 1.78. The molecule has 0 aromatic heterocycles. The molecule has 0 spiro atoms. The molecular weight excluding hydrogens is 464 g/mol. The molecule has 2 fully saturated rings. The van der Waals surface area contributed by atoms with Crippen molar-refractivity contribution in [1.82, 2.24) is 9.80 Å². The first-order chi connectivity index (χ1) is 17.3. The molecule has 2 heterocycles. The predicted octanol–water partition coefficient (Wildman–Crippen LogP) is 2.86. The van der Waals surface area contributed by atoms with Crippen molar-refractivity contribution in [3.63, 3.8) is 0 Å². The number of hydrogen-bond acceptors (Lipinski definition) is 8. The van der Waals surface area contributed by atoms with Gasteiger partial charge in [0.15, 0.2) is 11.5 Å². The topological polar surface area (TPSA) is 109 Å². The number of methoxy groups -OCH3 is 1. The third-order valence-corrected chi connectivity index (χ3v) is 6.57. The lowest BCUT2D eigenvalue weighted by Crippen LogP contribution is -2.42. The van der Waals surface area contributed by atoms with Crippen molar-refractivity contribution >= 4 is 17.4 Å². The lowest BCUT2D eigenvalue weighted by Gasteiger charge is -2.31. The summed E-state index contributed by atoms with van der Waals surface area (Å²) < 4.78 is 16.3. The summed E-state index contributed by atoms with van der Waals surface area (Å²) in [5.41, 5.74) is 1.75. The molecular formula is C27H32N2O7. The van der Waals surface area contributed by atoms with Crippen molar-refractivity contribution in [2.24, 2.45) is 0 Å². The highest BCUT2D eigenvalue weighted by molar-refractivity contribution is 6.46. The number of carbonyl (C=O) groups is 2. The lowest BCUT2D eigenvalue weighted by molar-refractivity contribution is -0.140. The standard InChI is InChI=1S/C27H32N2O7/c1-4-36-22-16-18(5-7-20(22)30)24-23(25(31)19-6-8-21(34-3)17(2)15-19)26(32)27(33)29(24)10-9-28-11-13-35-14-12-28/h5-8,15-16,24,30-31H,4,9-14H2,1-3H3/b25-23+/t24-/m1/s1. The molecule has 2 saturated heterocycles. The molecule has 2 aliphatic rings. The minimum Gasteiger partial charge on any atom is -0.507 e. The number of ether oxygens (including phenoxy) is 3. The molecule has 1 amide bonds. The number of aryl methyl sites for hydroxylation is 1. The van der Waals surface area contributed by atoms with Gasteiger partial charge in [-0.1, -0.05) is 6.07 Å². The van der Waals surface area contributed by atoms with Gasteiger partial charge in [0, 0.05) is 31.7 Å². The molecule has 2 N–H and O–H groups in total. The van der Waals surface area contributed by atoms with E-state index in [1.54, 1.807) is 44.4 Å². The maximum Gasteiger partial charge on any atom is 0.295 e. The van der Waals surface area contributed by atoms with Gasteiger partial charge in [0.2, 0.25) is 0 Å². The summed E-state index contributed by atoms with van der Waals surface area (Å²) in [6, 6.07) is 8.97. The zero-order valence-electron chi connectivity index (χ0n) is 20.8. The number of aliphatic hydroxyl groups is 1. The molecule has 0 bridgehead atoms. The average Bonchev–Trinajstić information content (AvgIpc) is 3.14. The van der Waals surface area contributed by atoms with Crippen LogP contribution in [0.4, 0.5) is 0 Å². The second kappa shape index (κ2) is 11.0. The smallest absolute Gasteiger partial charge is 0.295 e. The highest BCUT2D eigenvalue weighted by Gasteiger charge is 2.46. The number of benzene rings is 2. The van der Waals surface area contributed by atoms with Gasteiger partial charge in [-0.15, -0.1) is 0 Å². The van der Waals surface area contributed by atoms with E-state index in [1.807, 2.05) is 6.92 Å². The van der Waals surface area contributed by atoms with Gasteiger partial charge in [0.05, 0.1) is 38.5 Å². The number of likely N-dealkylation sites (tertiary alicyclic amines) is 1. The molecule has 4 rings (SSSR count). The largest absolute Gasteiger partial charge is 0.507 e. The number of Topliss-reactive ketones (excluding diaryl/α,β-unsaturated/α-hetero) is 1. The third kappa shape index (κ3) is 5.03. The second-order valence-corrected chi connectivity index (χ2v) is 8.79. The molecule has 2 aliphatic heterocycles. The maximum atomic E-state index is 13.3. The molecule has 0 aliphatic carbocycles. The first-order valence-electron chi connectivity index (χ1n) is 12.0. The number of aliphatic hydroxyl groups excluding tert-OH is 1. The molecule has 0 radical (unpaired) electrons. The number of hydrogen-bond donors (Lipinski definition) is 2. The predicted molar refractivity (Wildman–Crippen MR) is 133 cm³/mol. The summed E-state index contributed by atoms with van der Waals surface area (Å²) in [5, 5.41) is 21.5. The molecule has 0 unspecified atom stereocenters. The lowest BCUT2D eigenvalue weighted by atomic mass is 9.94. The SMILES string of the molecule is CCOc1cc([C@@H]2/C(=C(\O)c3ccc(OC)c(C)c3)C(=O)C(=O)N2CCN2CCOCC2)ccc1O. The molecule has 36 heavy (non-hydrogen) atoms. The van der Waals surface area contributed by atoms with E-state index in [0.717, 1.165) is 18.7 Å². The Morgan fingerprint density at radius 1 is 1.08 bits per heavy atom. The molecule has 0 saturated carbocycles. The van der Waals surface area contributed by atoms with Crippen LogP contribution in [0.15, 0.2) is 42.0 Å². The van der Waals surface area contributed by atoms with E-state index in [4.69, 9.17) is 14.2 Å². The number of carbonyl (C=O) groups excluding carboxylic acids is 2.